The van der Waals surface area contributed by atoms with Crippen molar-refractivity contribution in [3.8, 4) is 5.75 Å². The van der Waals surface area contributed by atoms with E-state index in [9.17, 15) is 5.11 Å². The van der Waals surface area contributed by atoms with E-state index in [0.29, 0.717) is 5.75 Å². The lowest BCUT2D eigenvalue weighted by molar-refractivity contribution is 0.201. The number of aromatic nitrogens is 2. The number of methoxy groups -OCH3 is 1. The van der Waals surface area contributed by atoms with E-state index in [1.54, 1.807) is 13.3 Å². The fourth-order valence-corrected chi connectivity index (χ4v) is 2.59. The number of aryl methyl sites for hydroxylation is 1. The lowest BCUT2D eigenvalue weighted by Gasteiger charge is -2.16. The lowest BCUT2D eigenvalue weighted by Crippen LogP contribution is -2.11. The average Bonchev–Trinajstić information content (AvgIpc) is 2.79. The summed E-state index contributed by atoms with van der Waals surface area (Å²) in [6.45, 7) is 2.85. The Bertz CT molecular complexity index is 554. The molecule has 19 heavy (non-hydrogen) atoms. The molecule has 0 saturated heterocycles. The summed E-state index contributed by atoms with van der Waals surface area (Å²) in [6, 6.07) is 7.47. The van der Waals surface area contributed by atoms with E-state index in [-0.39, 0.29) is 0 Å². The SMILES string of the molecule is CCCn1ncc(Br)c1C(O)c1ccccc1OC. The van der Waals surface area contributed by atoms with Gasteiger partial charge in [0, 0.05) is 12.1 Å². The average molecular weight is 325 g/mol. The van der Waals surface area contributed by atoms with E-state index in [2.05, 4.69) is 28.0 Å². The van der Waals surface area contributed by atoms with Gasteiger partial charge < -0.3 is 9.84 Å². The zero-order chi connectivity index (χ0) is 13.8. The van der Waals surface area contributed by atoms with Gasteiger partial charge in [-0.15, -0.1) is 0 Å². The molecule has 0 bridgehead atoms. The second-order valence-corrected chi connectivity index (χ2v) is 5.10. The summed E-state index contributed by atoms with van der Waals surface area (Å²) in [5.74, 6) is 0.672. The first kappa shape index (κ1) is 14.1. The van der Waals surface area contributed by atoms with Crippen molar-refractivity contribution in [3.63, 3.8) is 0 Å². The first-order valence-electron chi connectivity index (χ1n) is 6.21. The highest BCUT2D eigenvalue weighted by Gasteiger charge is 2.22. The first-order chi connectivity index (χ1) is 9.19. The second kappa shape index (κ2) is 6.21. The van der Waals surface area contributed by atoms with E-state index in [1.807, 2.05) is 28.9 Å². The highest BCUT2D eigenvalue weighted by molar-refractivity contribution is 9.10. The predicted molar refractivity (Wildman–Crippen MR) is 77.3 cm³/mol. The lowest BCUT2D eigenvalue weighted by atomic mass is 10.1. The van der Waals surface area contributed by atoms with Crippen LogP contribution >= 0.6 is 15.9 Å². The molecule has 1 heterocycles. The Labute approximate surface area is 121 Å². The Morgan fingerprint density at radius 3 is 2.84 bits per heavy atom. The van der Waals surface area contributed by atoms with Gasteiger partial charge in [0.1, 0.15) is 11.9 Å². The maximum atomic E-state index is 10.6. The number of hydrogen-bond acceptors (Lipinski definition) is 3. The van der Waals surface area contributed by atoms with Crippen LogP contribution in [0.1, 0.15) is 30.7 Å². The van der Waals surface area contributed by atoms with Gasteiger partial charge in [-0.25, -0.2) is 0 Å². The molecule has 2 rings (SSSR count). The molecule has 1 aromatic heterocycles. The minimum absolute atomic E-state index is 0.672. The summed E-state index contributed by atoms with van der Waals surface area (Å²) >= 11 is 3.45. The summed E-state index contributed by atoms with van der Waals surface area (Å²) in [4.78, 5) is 0. The van der Waals surface area contributed by atoms with Crippen molar-refractivity contribution in [1.82, 2.24) is 9.78 Å². The van der Waals surface area contributed by atoms with Gasteiger partial charge in [0.15, 0.2) is 0 Å². The number of benzene rings is 1. The minimum atomic E-state index is -0.764. The normalized spacial score (nSPS) is 12.4. The molecule has 1 atom stereocenters. The number of ether oxygens (including phenoxy) is 1. The number of aliphatic hydroxyl groups excluding tert-OH is 1. The third-order valence-electron chi connectivity index (χ3n) is 2.96. The fourth-order valence-electron chi connectivity index (χ4n) is 2.07. The van der Waals surface area contributed by atoms with Crippen molar-refractivity contribution >= 4 is 15.9 Å². The Balaban J connectivity index is 2.43. The standard InChI is InChI=1S/C14H17BrN2O2/c1-3-8-17-13(11(15)9-16-17)14(18)10-6-4-5-7-12(10)19-2/h4-7,9,14,18H,3,8H2,1-2H3. The molecule has 0 aliphatic rings. The molecule has 1 N–H and O–H groups in total. The maximum Gasteiger partial charge on any atom is 0.125 e. The maximum absolute atomic E-state index is 10.6. The number of aliphatic hydroxyl groups is 1. The predicted octanol–water partition coefficient (Wildman–Crippen LogP) is 3.15. The van der Waals surface area contributed by atoms with Crippen LogP contribution in [-0.2, 0) is 6.54 Å². The Kier molecular flexibility index (Phi) is 4.61. The highest BCUT2D eigenvalue weighted by Crippen LogP contribution is 2.33. The summed E-state index contributed by atoms with van der Waals surface area (Å²) < 4.78 is 7.92. The monoisotopic (exact) mass is 324 g/mol. The van der Waals surface area contributed by atoms with Gasteiger partial charge >= 0.3 is 0 Å². The van der Waals surface area contributed by atoms with Crippen molar-refractivity contribution in [2.24, 2.45) is 0 Å². The Morgan fingerprint density at radius 1 is 1.42 bits per heavy atom. The van der Waals surface area contributed by atoms with Crippen LogP contribution < -0.4 is 4.74 Å². The minimum Gasteiger partial charge on any atom is -0.496 e. The van der Waals surface area contributed by atoms with Crippen molar-refractivity contribution < 1.29 is 9.84 Å². The van der Waals surface area contributed by atoms with Gasteiger partial charge in [0.05, 0.1) is 23.5 Å². The van der Waals surface area contributed by atoms with Gasteiger partial charge in [-0.1, -0.05) is 25.1 Å². The third-order valence-corrected chi connectivity index (χ3v) is 3.57. The number of halogens is 1. The molecular formula is C14H17BrN2O2. The Hall–Kier alpha value is -1.33. The van der Waals surface area contributed by atoms with Crippen LogP contribution in [0.3, 0.4) is 0 Å². The van der Waals surface area contributed by atoms with E-state index in [0.717, 1.165) is 28.7 Å². The molecule has 0 aliphatic heterocycles. The second-order valence-electron chi connectivity index (χ2n) is 4.25. The Morgan fingerprint density at radius 2 is 2.16 bits per heavy atom. The highest BCUT2D eigenvalue weighted by atomic mass is 79.9. The quantitative estimate of drug-likeness (QED) is 0.919. The summed E-state index contributed by atoms with van der Waals surface area (Å²) in [5, 5.41) is 14.9. The number of nitrogens with zero attached hydrogens (tertiary/aromatic N) is 2. The third kappa shape index (κ3) is 2.82. The number of rotatable bonds is 5. The molecule has 0 saturated carbocycles. The molecule has 1 aromatic carbocycles. The first-order valence-corrected chi connectivity index (χ1v) is 7.00. The molecule has 102 valence electrons. The van der Waals surface area contributed by atoms with E-state index in [4.69, 9.17) is 4.74 Å². The smallest absolute Gasteiger partial charge is 0.125 e. The topological polar surface area (TPSA) is 47.3 Å². The van der Waals surface area contributed by atoms with Crippen LogP contribution in [-0.4, -0.2) is 22.0 Å². The molecule has 5 heteroatoms. The van der Waals surface area contributed by atoms with Gasteiger partial charge in [-0.3, -0.25) is 4.68 Å². The van der Waals surface area contributed by atoms with Crippen LogP contribution in [0, 0.1) is 0 Å². The van der Waals surface area contributed by atoms with E-state index < -0.39 is 6.10 Å². The zero-order valence-corrected chi connectivity index (χ0v) is 12.6. The van der Waals surface area contributed by atoms with Crippen LogP contribution in [0.5, 0.6) is 5.75 Å². The fraction of sp³-hybridized carbons (Fsp3) is 0.357. The summed E-state index contributed by atoms with van der Waals surface area (Å²) in [6.07, 6.45) is 1.91. The molecule has 2 aromatic rings. The number of para-hydroxylation sites is 1. The molecule has 0 amide bonds. The molecule has 0 aliphatic carbocycles. The van der Waals surface area contributed by atoms with Gasteiger partial charge in [-0.05, 0) is 28.4 Å². The van der Waals surface area contributed by atoms with Gasteiger partial charge in [-0.2, -0.15) is 5.10 Å². The summed E-state index contributed by atoms with van der Waals surface area (Å²) in [5.41, 5.74) is 1.50. The molecule has 4 nitrogen and oxygen atoms in total. The molecule has 0 fully saturated rings. The largest absolute Gasteiger partial charge is 0.496 e. The number of hydrogen-bond donors (Lipinski definition) is 1. The van der Waals surface area contributed by atoms with Crippen molar-refractivity contribution in [2.75, 3.05) is 7.11 Å². The van der Waals surface area contributed by atoms with Crippen molar-refractivity contribution in [3.05, 3.63) is 46.2 Å². The molecule has 0 radical (unpaired) electrons. The van der Waals surface area contributed by atoms with Crippen molar-refractivity contribution in [1.29, 1.82) is 0 Å². The van der Waals surface area contributed by atoms with Crippen LogP contribution in [0.25, 0.3) is 0 Å². The molecular weight excluding hydrogens is 308 g/mol. The zero-order valence-electron chi connectivity index (χ0n) is 11.0. The van der Waals surface area contributed by atoms with Gasteiger partial charge in [0.2, 0.25) is 0 Å². The van der Waals surface area contributed by atoms with Gasteiger partial charge in [0.25, 0.3) is 0 Å². The van der Waals surface area contributed by atoms with E-state index >= 15 is 0 Å². The van der Waals surface area contributed by atoms with E-state index in [1.165, 1.54) is 0 Å². The molecule has 0 spiro atoms. The van der Waals surface area contributed by atoms with Crippen molar-refractivity contribution in [2.45, 2.75) is 26.0 Å². The summed E-state index contributed by atoms with van der Waals surface area (Å²) in [7, 11) is 1.60. The van der Waals surface area contributed by atoms with Crippen LogP contribution in [0.15, 0.2) is 34.9 Å². The van der Waals surface area contributed by atoms with Crippen LogP contribution in [0.2, 0.25) is 0 Å². The molecule has 1 unspecified atom stereocenters. The van der Waals surface area contributed by atoms with Crippen LogP contribution in [0.4, 0.5) is 0 Å².